The lowest BCUT2D eigenvalue weighted by Crippen LogP contribution is -2.28. The summed E-state index contributed by atoms with van der Waals surface area (Å²) < 4.78 is 7.83. The molecule has 1 aromatic heterocycles. The average molecular weight is 354 g/mol. The molecule has 0 amide bonds. The van der Waals surface area contributed by atoms with Gasteiger partial charge < -0.3 is 14.5 Å². The van der Waals surface area contributed by atoms with Crippen LogP contribution in [0.25, 0.3) is 11.1 Å². The fourth-order valence-electron chi connectivity index (χ4n) is 2.59. The number of hydrogen-bond acceptors (Lipinski definition) is 5. The molecule has 2 rings (SSSR count). The largest absolute Gasteiger partial charge is 0.488 e. The molecule has 26 heavy (non-hydrogen) atoms. The third-order valence-electron chi connectivity index (χ3n) is 3.61. The smallest absolute Gasteiger partial charge is 0.140 e. The summed E-state index contributed by atoms with van der Waals surface area (Å²) in [5.74, 6) is 0.536. The highest BCUT2D eigenvalue weighted by atomic mass is 16.5. The lowest BCUT2D eigenvalue weighted by atomic mass is 10.0. The van der Waals surface area contributed by atoms with E-state index in [-0.39, 0.29) is 6.10 Å². The number of likely N-dealkylation sites (N-methyl/N-ethyl adjacent to an activating group) is 1. The van der Waals surface area contributed by atoms with E-state index in [1.165, 1.54) is 0 Å². The molecule has 1 atom stereocenters. The molecule has 0 saturated carbocycles. The maximum absolute atomic E-state index is 9.68. The average Bonchev–Trinajstić information content (AvgIpc) is 2.98. The molecular weight excluding hydrogens is 328 g/mol. The second-order valence-electron chi connectivity index (χ2n) is 6.78. The van der Waals surface area contributed by atoms with Crippen LogP contribution >= 0.6 is 0 Å². The summed E-state index contributed by atoms with van der Waals surface area (Å²) in [6, 6.07) is 6.01. The third kappa shape index (κ3) is 5.07. The molecule has 0 unspecified atom stereocenters. The Balaban J connectivity index is 2.52. The number of rotatable bonds is 7. The van der Waals surface area contributed by atoms with Gasteiger partial charge in [-0.25, -0.2) is 4.99 Å². The SMILES string of the molecule is C[C@H](CN(C)C)Oc1cc(-c2cnn(C)c2)cc(N=CN(C)C)c1C#N. The van der Waals surface area contributed by atoms with Gasteiger partial charge in [-0.05, 0) is 38.7 Å². The molecule has 0 fully saturated rings. The summed E-state index contributed by atoms with van der Waals surface area (Å²) >= 11 is 0. The molecule has 7 heteroatoms. The van der Waals surface area contributed by atoms with Gasteiger partial charge in [-0.2, -0.15) is 10.4 Å². The molecule has 1 aromatic carbocycles. The van der Waals surface area contributed by atoms with Crippen LogP contribution in [0.1, 0.15) is 12.5 Å². The lowest BCUT2D eigenvalue weighted by Gasteiger charge is -2.20. The Hall–Kier alpha value is -2.85. The molecule has 0 spiro atoms. The molecule has 0 aliphatic heterocycles. The summed E-state index contributed by atoms with van der Waals surface area (Å²) in [5.41, 5.74) is 2.87. The van der Waals surface area contributed by atoms with Crippen LogP contribution in [0.4, 0.5) is 5.69 Å². The third-order valence-corrected chi connectivity index (χ3v) is 3.61. The van der Waals surface area contributed by atoms with Crippen molar-refractivity contribution in [1.29, 1.82) is 5.26 Å². The Morgan fingerprint density at radius 1 is 1.31 bits per heavy atom. The summed E-state index contributed by atoms with van der Waals surface area (Å²) in [6.45, 7) is 2.74. The Bertz CT molecular complexity index is 816. The highest BCUT2D eigenvalue weighted by molar-refractivity contribution is 5.76. The van der Waals surface area contributed by atoms with E-state index in [4.69, 9.17) is 4.74 Å². The van der Waals surface area contributed by atoms with Crippen LogP contribution in [-0.4, -0.2) is 66.8 Å². The molecule has 0 aliphatic rings. The van der Waals surface area contributed by atoms with E-state index in [1.54, 1.807) is 17.2 Å². The van der Waals surface area contributed by atoms with Gasteiger partial charge in [0.1, 0.15) is 23.5 Å². The van der Waals surface area contributed by atoms with Gasteiger partial charge in [-0.1, -0.05) is 0 Å². The zero-order chi connectivity index (χ0) is 19.3. The molecule has 7 nitrogen and oxygen atoms in total. The molecule has 0 saturated heterocycles. The molecule has 2 aromatic rings. The molecule has 1 heterocycles. The van der Waals surface area contributed by atoms with E-state index in [0.717, 1.165) is 17.7 Å². The van der Waals surface area contributed by atoms with Crippen molar-refractivity contribution >= 4 is 12.0 Å². The van der Waals surface area contributed by atoms with E-state index in [2.05, 4.69) is 16.2 Å². The molecule has 0 N–H and O–H groups in total. The predicted octanol–water partition coefficient (Wildman–Crippen LogP) is 2.51. The van der Waals surface area contributed by atoms with Gasteiger partial charge >= 0.3 is 0 Å². The maximum Gasteiger partial charge on any atom is 0.140 e. The van der Waals surface area contributed by atoms with Gasteiger partial charge in [-0.3, -0.25) is 4.68 Å². The minimum absolute atomic E-state index is 0.0630. The second-order valence-corrected chi connectivity index (χ2v) is 6.78. The van der Waals surface area contributed by atoms with Gasteiger partial charge in [0.05, 0.1) is 18.2 Å². The van der Waals surface area contributed by atoms with E-state index in [0.29, 0.717) is 17.0 Å². The van der Waals surface area contributed by atoms with Crippen LogP contribution in [0.3, 0.4) is 0 Å². The summed E-state index contributed by atoms with van der Waals surface area (Å²) in [6.07, 6.45) is 5.32. The first-order valence-corrected chi connectivity index (χ1v) is 8.39. The minimum atomic E-state index is -0.0630. The number of ether oxygens (including phenoxy) is 1. The van der Waals surface area contributed by atoms with Gasteiger partial charge in [0, 0.05) is 39.4 Å². The predicted molar refractivity (Wildman–Crippen MR) is 104 cm³/mol. The van der Waals surface area contributed by atoms with Crippen molar-refractivity contribution < 1.29 is 4.74 Å². The van der Waals surface area contributed by atoms with Crippen molar-refractivity contribution in [3.05, 3.63) is 30.1 Å². The maximum atomic E-state index is 9.68. The van der Waals surface area contributed by atoms with Gasteiger partial charge in [0.25, 0.3) is 0 Å². The van der Waals surface area contributed by atoms with Crippen LogP contribution in [0.5, 0.6) is 5.75 Å². The normalized spacial score (nSPS) is 12.4. The number of aliphatic imine (C=N–C) groups is 1. The number of benzene rings is 1. The van der Waals surface area contributed by atoms with Crippen molar-refractivity contribution in [3.63, 3.8) is 0 Å². The highest BCUT2D eigenvalue weighted by Crippen LogP contribution is 2.35. The Morgan fingerprint density at radius 3 is 2.58 bits per heavy atom. The van der Waals surface area contributed by atoms with Crippen molar-refractivity contribution in [2.45, 2.75) is 13.0 Å². The van der Waals surface area contributed by atoms with Gasteiger partial charge in [-0.15, -0.1) is 0 Å². The van der Waals surface area contributed by atoms with Crippen LogP contribution < -0.4 is 4.74 Å². The zero-order valence-electron chi connectivity index (χ0n) is 16.3. The standard InChI is InChI=1S/C19H26N6O/c1-14(11-23(2)3)26-19-8-15(16-10-22-25(6)12-16)7-18(17(19)9-20)21-13-24(4)5/h7-8,10,12-14H,11H2,1-6H3/t14-/m1/s1. The molecular formula is C19H26N6O. The lowest BCUT2D eigenvalue weighted by molar-refractivity contribution is 0.176. The first-order chi connectivity index (χ1) is 12.3. The molecule has 0 aliphatic carbocycles. The Kier molecular flexibility index (Phi) is 6.36. The van der Waals surface area contributed by atoms with Crippen LogP contribution in [0.15, 0.2) is 29.5 Å². The van der Waals surface area contributed by atoms with Crippen molar-refractivity contribution in [2.24, 2.45) is 12.0 Å². The summed E-state index contributed by atoms with van der Waals surface area (Å²) in [7, 11) is 9.62. The Labute approximate surface area is 155 Å². The van der Waals surface area contributed by atoms with Crippen LogP contribution in [0, 0.1) is 11.3 Å². The van der Waals surface area contributed by atoms with E-state index < -0.39 is 0 Å². The first-order valence-electron chi connectivity index (χ1n) is 8.39. The number of nitriles is 1. The monoisotopic (exact) mass is 354 g/mol. The van der Waals surface area contributed by atoms with E-state index in [9.17, 15) is 5.26 Å². The summed E-state index contributed by atoms with van der Waals surface area (Å²) in [4.78, 5) is 8.33. The quantitative estimate of drug-likeness (QED) is 0.564. The van der Waals surface area contributed by atoms with Crippen LogP contribution in [-0.2, 0) is 7.05 Å². The number of aryl methyl sites for hydroxylation is 1. The minimum Gasteiger partial charge on any atom is -0.488 e. The highest BCUT2D eigenvalue weighted by Gasteiger charge is 2.16. The summed E-state index contributed by atoms with van der Waals surface area (Å²) in [5, 5.41) is 13.9. The molecule has 0 bridgehead atoms. The second kappa shape index (κ2) is 8.50. The van der Waals surface area contributed by atoms with Crippen molar-refractivity contribution in [1.82, 2.24) is 19.6 Å². The number of aromatic nitrogens is 2. The van der Waals surface area contributed by atoms with Gasteiger partial charge in [0.15, 0.2) is 0 Å². The molecule has 0 radical (unpaired) electrons. The van der Waals surface area contributed by atoms with Gasteiger partial charge in [0.2, 0.25) is 0 Å². The van der Waals surface area contributed by atoms with Crippen LogP contribution in [0.2, 0.25) is 0 Å². The van der Waals surface area contributed by atoms with E-state index in [1.807, 2.05) is 70.3 Å². The zero-order valence-corrected chi connectivity index (χ0v) is 16.3. The molecule has 138 valence electrons. The van der Waals surface area contributed by atoms with E-state index >= 15 is 0 Å². The topological polar surface area (TPSA) is 69.7 Å². The number of hydrogen-bond donors (Lipinski definition) is 0. The fourth-order valence-corrected chi connectivity index (χ4v) is 2.59. The number of nitrogens with zero attached hydrogens (tertiary/aromatic N) is 6. The van der Waals surface area contributed by atoms with Crippen molar-refractivity contribution in [3.8, 4) is 22.9 Å². The Morgan fingerprint density at radius 2 is 2.04 bits per heavy atom. The fraction of sp³-hybridized carbons (Fsp3) is 0.421. The van der Waals surface area contributed by atoms with Crippen molar-refractivity contribution in [2.75, 3.05) is 34.7 Å². The first kappa shape index (κ1) is 19.5.